The van der Waals surface area contributed by atoms with E-state index in [0.29, 0.717) is 6.54 Å². The summed E-state index contributed by atoms with van der Waals surface area (Å²) < 4.78 is 23.1. The highest BCUT2D eigenvalue weighted by Crippen LogP contribution is 2.33. The highest BCUT2D eigenvalue weighted by Gasteiger charge is 2.39. The maximum Gasteiger partial charge on any atom is 0.154 e. The molecule has 0 aromatic carbocycles. The molecule has 0 aliphatic heterocycles. The third kappa shape index (κ3) is 2.48. The summed E-state index contributed by atoms with van der Waals surface area (Å²) in [5.74, 6) is 0. The molecule has 0 aromatic heterocycles. The topological polar surface area (TPSA) is 46.2 Å². The largest absolute Gasteiger partial charge is 0.318 e. The number of rotatable bonds is 3. The Bertz CT molecular complexity index is 264. The van der Waals surface area contributed by atoms with Crippen LogP contribution in [0, 0.1) is 0 Å². The summed E-state index contributed by atoms with van der Waals surface area (Å²) in [6, 6.07) is 0. The van der Waals surface area contributed by atoms with E-state index in [-0.39, 0.29) is 0 Å². The molecule has 0 unspecified atom stereocenters. The molecule has 0 aromatic rings. The van der Waals surface area contributed by atoms with Gasteiger partial charge in [-0.25, -0.2) is 8.42 Å². The summed E-state index contributed by atoms with van der Waals surface area (Å²) in [5, 5.41) is 3.03. The lowest BCUT2D eigenvalue weighted by Crippen LogP contribution is -2.45. The molecule has 0 heterocycles. The fourth-order valence-corrected chi connectivity index (χ4v) is 3.81. The fourth-order valence-electron chi connectivity index (χ4n) is 2.37. The van der Waals surface area contributed by atoms with Crippen LogP contribution in [0.25, 0.3) is 0 Å². The van der Waals surface area contributed by atoms with Crippen LogP contribution in [0.3, 0.4) is 0 Å². The SMILES string of the molecule is CNCC1(S(C)(=O)=O)CCCCCC1. The minimum absolute atomic E-state index is 0.488. The molecule has 0 bridgehead atoms. The second-order valence-corrected chi connectivity index (χ2v) is 6.81. The van der Waals surface area contributed by atoms with Crippen LogP contribution in [0.4, 0.5) is 0 Å². The molecule has 1 saturated carbocycles. The van der Waals surface area contributed by atoms with Gasteiger partial charge in [0.15, 0.2) is 9.84 Å². The molecule has 1 aliphatic carbocycles. The first-order valence-corrected chi connectivity index (χ1v) is 7.25. The molecular weight excluding hydrogens is 198 g/mol. The fraction of sp³-hybridized carbons (Fsp3) is 1.00. The van der Waals surface area contributed by atoms with Gasteiger partial charge >= 0.3 is 0 Å². The van der Waals surface area contributed by atoms with Gasteiger partial charge < -0.3 is 5.32 Å². The van der Waals surface area contributed by atoms with Crippen molar-refractivity contribution in [3.05, 3.63) is 0 Å². The molecule has 1 rings (SSSR count). The first-order chi connectivity index (χ1) is 6.52. The van der Waals surface area contributed by atoms with Crippen LogP contribution < -0.4 is 5.32 Å². The lowest BCUT2D eigenvalue weighted by atomic mass is 9.99. The van der Waals surface area contributed by atoms with Gasteiger partial charge in [-0.1, -0.05) is 25.7 Å². The Hall–Kier alpha value is -0.0900. The van der Waals surface area contributed by atoms with Crippen molar-refractivity contribution in [2.24, 2.45) is 0 Å². The molecule has 14 heavy (non-hydrogen) atoms. The van der Waals surface area contributed by atoms with E-state index in [1.54, 1.807) is 0 Å². The van der Waals surface area contributed by atoms with Gasteiger partial charge in [0.1, 0.15) is 0 Å². The van der Waals surface area contributed by atoms with Gasteiger partial charge in [0.2, 0.25) is 0 Å². The van der Waals surface area contributed by atoms with Crippen LogP contribution in [0.5, 0.6) is 0 Å². The Balaban J connectivity index is 2.89. The van der Waals surface area contributed by atoms with Crippen molar-refractivity contribution in [3.63, 3.8) is 0 Å². The summed E-state index contributed by atoms with van der Waals surface area (Å²) in [6.45, 7) is 0.603. The summed E-state index contributed by atoms with van der Waals surface area (Å²) in [4.78, 5) is 0. The minimum atomic E-state index is -2.94. The molecule has 1 N–H and O–H groups in total. The van der Waals surface area contributed by atoms with E-state index < -0.39 is 14.6 Å². The number of hydrogen-bond acceptors (Lipinski definition) is 3. The molecule has 4 heteroatoms. The van der Waals surface area contributed by atoms with Gasteiger partial charge in [0.25, 0.3) is 0 Å². The normalized spacial score (nSPS) is 23.0. The lowest BCUT2D eigenvalue weighted by Gasteiger charge is -2.30. The third-order valence-electron chi connectivity index (χ3n) is 3.30. The standard InChI is InChI=1S/C10H21NO2S/c1-11-9-10(14(2,12)13)7-5-3-4-6-8-10/h11H,3-9H2,1-2H3. The molecule has 0 saturated heterocycles. The maximum absolute atomic E-state index is 11.8. The first kappa shape index (κ1) is 12.0. The van der Waals surface area contributed by atoms with Crippen LogP contribution in [0.2, 0.25) is 0 Å². The summed E-state index contributed by atoms with van der Waals surface area (Å²) >= 11 is 0. The average molecular weight is 219 g/mol. The van der Waals surface area contributed by atoms with Gasteiger partial charge in [0, 0.05) is 12.8 Å². The Labute approximate surface area is 87.2 Å². The summed E-state index contributed by atoms with van der Waals surface area (Å²) in [5.41, 5.74) is 0. The van der Waals surface area contributed by atoms with Crippen molar-refractivity contribution in [2.75, 3.05) is 19.8 Å². The molecule has 0 radical (unpaired) electrons. The quantitative estimate of drug-likeness (QED) is 0.729. The van der Waals surface area contributed by atoms with E-state index in [9.17, 15) is 8.42 Å². The Morgan fingerprint density at radius 1 is 1.14 bits per heavy atom. The molecule has 1 aliphatic rings. The third-order valence-corrected chi connectivity index (χ3v) is 5.43. The van der Waals surface area contributed by atoms with Crippen molar-refractivity contribution in [2.45, 2.75) is 43.3 Å². The van der Waals surface area contributed by atoms with Crippen LogP contribution in [-0.4, -0.2) is 33.0 Å². The van der Waals surface area contributed by atoms with Crippen LogP contribution in [-0.2, 0) is 9.84 Å². The van der Waals surface area contributed by atoms with E-state index in [1.165, 1.54) is 19.1 Å². The Morgan fingerprint density at radius 3 is 2.00 bits per heavy atom. The second kappa shape index (κ2) is 4.62. The van der Waals surface area contributed by atoms with E-state index in [4.69, 9.17) is 0 Å². The molecular formula is C10H21NO2S. The highest BCUT2D eigenvalue weighted by molar-refractivity contribution is 7.92. The van der Waals surface area contributed by atoms with Gasteiger partial charge in [-0.3, -0.25) is 0 Å². The molecule has 1 fully saturated rings. The molecule has 0 amide bonds. The minimum Gasteiger partial charge on any atom is -0.318 e. The van der Waals surface area contributed by atoms with Crippen molar-refractivity contribution in [3.8, 4) is 0 Å². The summed E-state index contributed by atoms with van der Waals surface area (Å²) in [6.07, 6.45) is 7.50. The smallest absolute Gasteiger partial charge is 0.154 e. The van der Waals surface area contributed by atoms with E-state index in [0.717, 1.165) is 25.7 Å². The van der Waals surface area contributed by atoms with E-state index >= 15 is 0 Å². The van der Waals surface area contributed by atoms with Gasteiger partial charge in [-0.05, 0) is 19.9 Å². The Kier molecular flexibility index (Phi) is 3.95. The van der Waals surface area contributed by atoms with Crippen LogP contribution >= 0.6 is 0 Å². The highest BCUT2D eigenvalue weighted by atomic mass is 32.2. The Morgan fingerprint density at radius 2 is 1.64 bits per heavy atom. The second-order valence-electron chi connectivity index (χ2n) is 4.40. The summed E-state index contributed by atoms with van der Waals surface area (Å²) in [7, 11) is -1.10. The van der Waals surface area contributed by atoms with Crippen molar-refractivity contribution in [1.29, 1.82) is 0 Å². The molecule has 0 atom stereocenters. The van der Waals surface area contributed by atoms with Crippen molar-refractivity contribution >= 4 is 9.84 Å². The maximum atomic E-state index is 11.8. The number of nitrogens with one attached hydrogen (secondary N) is 1. The molecule has 3 nitrogen and oxygen atoms in total. The predicted molar refractivity (Wildman–Crippen MR) is 59.2 cm³/mol. The monoisotopic (exact) mass is 219 g/mol. The zero-order valence-electron chi connectivity index (χ0n) is 9.17. The van der Waals surface area contributed by atoms with Gasteiger partial charge in [-0.15, -0.1) is 0 Å². The van der Waals surface area contributed by atoms with E-state index in [2.05, 4.69) is 5.32 Å². The van der Waals surface area contributed by atoms with Crippen LogP contribution in [0.1, 0.15) is 38.5 Å². The average Bonchev–Trinajstić information content (AvgIpc) is 2.30. The predicted octanol–water partition coefficient (Wildman–Crippen LogP) is 1.34. The zero-order valence-corrected chi connectivity index (χ0v) is 9.99. The lowest BCUT2D eigenvalue weighted by molar-refractivity contribution is 0.445. The van der Waals surface area contributed by atoms with Crippen LogP contribution in [0.15, 0.2) is 0 Å². The molecule has 84 valence electrons. The van der Waals surface area contributed by atoms with Crippen molar-refractivity contribution in [1.82, 2.24) is 5.32 Å². The first-order valence-electron chi connectivity index (χ1n) is 5.36. The van der Waals surface area contributed by atoms with Gasteiger partial charge in [0.05, 0.1) is 4.75 Å². The molecule has 0 spiro atoms. The number of sulfone groups is 1. The van der Waals surface area contributed by atoms with Gasteiger partial charge in [-0.2, -0.15) is 0 Å². The number of hydrogen-bond donors (Lipinski definition) is 1. The zero-order chi connectivity index (χ0) is 10.7. The van der Waals surface area contributed by atoms with E-state index in [1.807, 2.05) is 7.05 Å². The van der Waals surface area contributed by atoms with Crippen molar-refractivity contribution < 1.29 is 8.42 Å².